The van der Waals surface area contributed by atoms with Crippen LogP contribution < -0.4 is 15.4 Å². The Balaban J connectivity index is 2.35. The summed E-state index contributed by atoms with van der Waals surface area (Å²) in [4.78, 5) is 35.0. The molecule has 0 aliphatic carbocycles. The summed E-state index contributed by atoms with van der Waals surface area (Å²) in [6, 6.07) is 8.89. The predicted octanol–water partition coefficient (Wildman–Crippen LogP) is 1.03. The first-order chi connectivity index (χ1) is 11.4. The Bertz CT molecular complexity index is 545. The van der Waals surface area contributed by atoms with Gasteiger partial charge in [-0.1, -0.05) is 25.1 Å². The van der Waals surface area contributed by atoms with Crippen LogP contribution in [0, 0.1) is 0 Å². The summed E-state index contributed by atoms with van der Waals surface area (Å²) in [5.41, 5.74) is 0. The van der Waals surface area contributed by atoms with Crippen LogP contribution in [0.2, 0.25) is 0 Å². The van der Waals surface area contributed by atoms with Gasteiger partial charge in [0.2, 0.25) is 5.91 Å². The Morgan fingerprint density at radius 1 is 1.08 bits per heavy atom. The van der Waals surface area contributed by atoms with E-state index >= 15 is 0 Å². The van der Waals surface area contributed by atoms with Crippen molar-refractivity contribution in [2.24, 2.45) is 0 Å². The van der Waals surface area contributed by atoms with E-state index in [9.17, 15) is 14.4 Å². The van der Waals surface area contributed by atoms with Crippen LogP contribution in [0.25, 0.3) is 0 Å². The van der Waals surface area contributed by atoms with Crippen LogP contribution in [0.1, 0.15) is 27.2 Å². The smallest absolute Gasteiger partial charge is 0.347 e. The van der Waals surface area contributed by atoms with Crippen molar-refractivity contribution in [1.82, 2.24) is 10.6 Å². The molecule has 2 amide bonds. The molecule has 24 heavy (non-hydrogen) atoms. The molecule has 7 nitrogen and oxygen atoms in total. The number of amides is 2. The molecule has 1 atom stereocenters. The van der Waals surface area contributed by atoms with E-state index in [4.69, 9.17) is 9.47 Å². The maximum absolute atomic E-state index is 12.0. The molecule has 0 saturated carbocycles. The SMILES string of the molecule is CC[C@@H](Oc1ccccc1)C(=O)OCC(=O)NCC(=O)NC(C)C. The van der Waals surface area contributed by atoms with Crippen molar-refractivity contribution in [1.29, 1.82) is 0 Å². The van der Waals surface area contributed by atoms with Crippen molar-refractivity contribution in [2.45, 2.75) is 39.3 Å². The van der Waals surface area contributed by atoms with Gasteiger partial charge in [-0.15, -0.1) is 0 Å². The fourth-order valence-electron chi connectivity index (χ4n) is 1.79. The first-order valence-corrected chi connectivity index (χ1v) is 7.86. The molecule has 2 N–H and O–H groups in total. The van der Waals surface area contributed by atoms with Crippen molar-refractivity contribution in [3.63, 3.8) is 0 Å². The lowest BCUT2D eigenvalue weighted by Crippen LogP contribution is -2.41. The number of rotatable bonds is 9. The van der Waals surface area contributed by atoms with Gasteiger partial charge in [0.05, 0.1) is 6.54 Å². The highest BCUT2D eigenvalue weighted by Gasteiger charge is 2.21. The Labute approximate surface area is 141 Å². The van der Waals surface area contributed by atoms with Crippen molar-refractivity contribution in [2.75, 3.05) is 13.2 Å². The molecule has 0 spiro atoms. The van der Waals surface area contributed by atoms with E-state index in [1.807, 2.05) is 19.9 Å². The van der Waals surface area contributed by atoms with Crippen LogP contribution in [0.5, 0.6) is 5.75 Å². The summed E-state index contributed by atoms with van der Waals surface area (Å²) < 4.78 is 10.5. The molecule has 7 heteroatoms. The Morgan fingerprint density at radius 3 is 2.33 bits per heavy atom. The fourth-order valence-corrected chi connectivity index (χ4v) is 1.79. The quantitative estimate of drug-likeness (QED) is 0.657. The molecule has 0 bridgehead atoms. The second-order valence-electron chi connectivity index (χ2n) is 5.43. The van der Waals surface area contributed by atoms with E-state index in [0.29, 0.717) is 12.2 Å². The second-order valence-corrected chi connectivity index (χ2v) is 5.43. The highest BCUT2D eigenvalue weighted by Crippen LogP contribution is 2.13. The van der Waals surface area contributed by atoms with Crippen molar-refractivity contribution >= 4 is 17.8 Å². The summed E-state index contributed by atoms with van der Waals surface area (Å²) in [5.74, 6) is -0.917. The van der Waals surface area contributed by atoms with Crippen LogP contribution in [0.4, 0.5) is 0 Å². The normalized spacial score (nSPS) is 11.5. The van der Waals surface area contributed by atoms with Gasteiger partial charge in [0.25, 0.3) is 5.91 Å². The van der Waals surface area contributed by atoms with Gasteiger partial charge >= 0.3 is 5.97 Å². The molecular formula is C17H24N2O5. The summed E-state index contributed by atoms with van der Waals surface area (Å²) in [5, 5.41) is 5.02. The average molecular weight is 336 g/mol. The zero-order valence-corrected chi connectivity index (χ0v) is 14.2. The van der Waals surface area contributed by atoms with Gasteiger partial charge in [-0.25, -0.2) is 4.79 Å². The number of carbonyl (C=O) groups is 3. The third-order valence-corrected chi connectivity index (χ3v) is 2.90. The number of benzene rings is 1. The van der Waals surface area contributed by atoms with Crippen LogP contribution in [0.15, 0.2) is 30.3 Å². The van der Waals surface area contributed by atoms with E-state index in [0.717, 1.165) is 0 Å². The topological polar surface area (TPSA) is 93.7 Å². The van der Waals surface area contributed by atoms with E-state index < -0.39 is 24.6 Å². The highest BCUT2D eigenvalue weighted by molar-refractivity contribution is 5.86. The minimum Gasteiger partial charge on any atom is -0.479 e. The summed E-state index contributed by atoms with van der Waals surface area (Å²) in [6.45, 7) is 4.80. The van der Waals surface area contributed by atoms with E-state index in [1.165, 1.54) is 0 Å². The van der Waals surface area contributed by atoms with E-state index in [1.54, 1.807) is 31.2 Å². The van der Waals surface area contributed by atoms with Gasteiger partial charge in [-0.3, -0.25) is 9.59 Å². The van der Waals surface area contributed by atoms with Gasteiger partial charge in [0, 0.05) is 6.04 Å². The Hall–Kier alpha value is -2.57. The number of para-hydroxylation sites is 1. The lowest BCUT2D eigenvalue weighted by Gasteiger charge is -2.16. The number of nitrogens with one attached hydrogen (secondary N) is 2. The van der Waals surface area contributed by atoms with Crippen molar-refractivity contribution in [3.8, 4) is 5.75 Å². The largest absolute Gasteiger partial charge is 0.479 e. The molecule has 1 aromatic rings. The van der Waals surface area contributed by atoms with Gasteiger partial charge < -0.3 is 20.1 Å². The van der Waals surface area contributed by atoms with Crippen molar-refractivity contribution < 1.29 is 23.9 Å². The van der Waals surface area contributed by atoms with Crippen LogP contribution >= 0.6 is 0 Å². The standard InChI is InChI=1S/C17H24N2O5/c1-4-14(24-13-8-6-5-7-9-13)17(22)23-11-16(21)18-10-15(20)19-12(2)3/h5-9,12,14H,4,10-11H2,1-3H3,(H,18,21)(H,19,20)/t14-/m1/s1. The molecule has 0 aliphatic rings. The molecule has 1 aromatic carbocycles. The Kier molecular flexibility index (Phi) is 8.32. The predicted molar refractivity (Wildman–Crippen MR) is 88.4 cm³/mol. The van der Waals surface area contributed by atoms with Crippen LogP contribution in [0.3, 0.4) is 0 Å². The lowest BCUT2D eigenvalue weighted by atomic mass is 10.2. The van der Waals surface area contributed by atoms with Gasteiger partial charge in [-0.05, 0) is 32.4 Å². The summed E-state index contributed by atoms with van der Waals surface area (Å²) in [6.07, 6.45) is -0.379. The minimum atomic E-state index is -0.788. The third-order valence-electron chi connectivity index (χ3n) is 2.90. The molecule has 0 radical (unpaired) electrons. The van der Waals surface area contributed by atoms with E-state index in [2.05, 4.69) is 10.6 Å². The summed E-state index contributed by atoms with van der Waals surface area (Å²) >= 11 is 0. The lowest BCUT2D eigenvalue weighted by molar-refractivity contribution is -0.155. The molecule has 0 unspecified atom stereocenters. The monoisotopic (exact) mass is 336 g/mol. The number of hydrogen-bond donors (Lipinski definition) is 2. The minimum absolute atomic E-state index is 0.00678. The van der Waals surface area contributed by atoms with Crippen LogP contribution in [-0.2, 0) is 19.1 Å². The molecule has 0 heterocycles. The average Bonchev–Trinajstić information content (AvgIpc) is 2.56. The first kappa shape index (κ1) is 19.5. The molecule has 0 aliphatic heterocycles. The van der Waals surface area contributed by atoms with Gasteiger partial charge in [-0.2, -0.15) is 0 Å². The molecule has 132 valence electrons. The number of carbonyl (C=O) groups excluding carboxylic acids is 3. The fraction of sp³-hybridized carbons (Fsp3) is 0.471. The molecular weight excluding hydrogens is 312 g/mol. The van der Waals surface area contributed by atoms with Crippen LogP contribution in [-0.4, -0.2) is 43.1 Å². The molecule has 0 fully saturated rings. The number of hydrogen-bond acceptors (Lipinski definition) is 5. The molecule has 0 aromatic heterocycles. The number of ether oxygens (including phenoxy) is 2. The maximum Gasteiger partial charge on any atom is 0.347 e. The first-order valence-electron chi connectivity index (χ1n) is 7.86. The Morgan fingerprint density at radius 2 is 1.75 bits per heavy atom. The zero-order chi connectivity index (χ0) is 17.9. The highest BCUT2D eigenvalue weighted by atomic mass is 16.6. The molecule has 0 saturated heterocycles. The molecule has 1 rings (SSSR count). The second kappa shape index (κ2) is 10.3. The maximum atomic E-state index is 12.0. The van der Waals surface area contributed by atoms with Gasteiger partial charge in [0.1, 0.15) is 5.75 Å². The third kappa shape index (κ3) is 7.62. The van der Waals surface area contributed by atoms with Gasteiger partial charge in [0.15, 0.2) is 12.7 Å². The van der Waals surface area contributed by atoms with Crippen molar-refractivity contribution in [3.05, 3.63) is 30.3 Å². The zero-order valence-electron chi connectivity index (χ0n) is 14.2. The number of esters is 1. The summed E-state index contributed by atoms with van der Waals surface area (Å²) in [7, 11) is 0. The van der Waals surface area contributed by atoms with E-state index in [-0.39, 0.29) is 18.5 Å².